The first-order valence-corrected chi connectivity index (χ1v) is 4.97. The van der Waals surface area contributed by atoms with Gasteiger partial charge in [-0.25, -0.2) is 18.6 Å². The Morgan fingerprint density at radius 3 is 2.89 bits per heavy atom. The Hall–Kier alpha value is -2.50. The Morgan fingerprint density at radius 1 is 1.39 bits per heavy atom. The minimum atomic E-state index is -1.12. The maximum atomic E-state index is 13.5. The van der Waals surface area contributed by atoms with Crippen LogP contribution >= 0.6 is 0 Å². The van der Waals surface area contributed by atoms with Crippen LogP contribution in [0, 0.1) is 11.6 Å². The van der Waals surface area contributed by atoms with Gasteiger partial charge >= 0.3 is 5.97 Å². The number of rotatable bonds is 3. The molecule has 0 bridgehead atoms. The van der Waals surface area contributed by atoms with Crippen molar-refractivity contribution < 1.29 is 18.7 Å². The first kappa shape index (κ1) is 12.0. The van der Waals surface area contributed by atoms with Gasteiger partial charge in [-0.3, -0.25) is 0 Å². The van der Waals surface area contributed by atoms with Gasteiger partial charge in [0, 0.05) is 11.6 Å². The van der Waals surface area contributed by atoms with Gasteiger partial charge in [-0.2, -0.15) is 0 Å². The third kappa shape index (κ3) is 2.60. The van der Waals surface area contributed by atoms with Crippen LogP contribution in [0.5, 0.6) is 0 Å². The van der Waals surface area contributed by atoms with Gasteiger partial charge in [0.2, 0.25) is 0 Å². The molecule has 0 radical (unpaired) electrons. The topological polar surface area (TPSA) is 66.0 Å². The van der Waals surface area contributed by atoms with Gasteiger partial charge < -0.3 is 10.1 Å². The van der Waals surface area contributed by atoms with Crippen molar-refractivity contribution in [1.82, 2.24) is 9.97 Å². The van der Waals surface area contributed by atoms with Gasteiger partial charge in [0.25, 0.3) is 0 Å². The van der Waals surface area contributed by atoms with Crippen molar-refractivity contribution in [2.24, 2.45) is 0 Å². The molecule has 0 spiro atoms. The van der Waals surface area contributed by atoms with Gasteiger partial charge in [-0.15, -0.1) is 0 Å². The molecule has 92 valence electrons. The number of halogens is 2. The molecule has 2 aromatic rings. The summed E-state index contributed by atoms with van der Waals surface area (Å²) in [5.74, 6) is -2.03. The number of hydrogen-bond acceptors (Lipinski definition) is 2. The molecule has 0 aliphatic heterocycles. The van der Waals surface area contributed by atoms with E-state index < -0.39 is 17.6 Å². The first-order valence-electron chi connectivity index (χ1n) is 4.97. The van der Waals surface area contributed by atoms with E-state index in [0.717, 1.165) is 24.3 Å². The van der Waals surface area contributed by atoms with Gasteiger partial charge in [0.1, 0.15) is 17.5 Å². The summed E-state index contributed by atoms with van der Waals surface area (Å²) in [5.41, 5.74) is 0.314. The molecule has 1 aromatic carbocycles. The number of nitrogens with one attached hydrogen (secondary N) is 1. The van der Waals surface area contributed by atoms with Crippen molar-refractivity contribution in [3.05, 3.63) is 47.9 Å². The van der Waals surface area contributed by atoms with Crippen molar-refractivity contribution in [1.29, 1.82) is 0 Å². The van der Waals surface area contributed by atoms with Crippen LogP contribution in [0.3, 0.4) is 0 Å². The van der Waals surface area contributed by atoms with Gasteiger partial charge in [0.15, 0.2) is 0 Å². The Labute approximate surface area is 101 Å². The molecule has 0 saturated heterocycles. The Kier molecular flexibility index (Phi) is 3.18. The molecule has 0 aliphatic rings. The summed E-state index contributed by atoms with van der Waals surface area (Å²) in [7, 11) is 0. The molecule has 18 heavy (non-hydrogen) atoms. The molecule has 2 N–H and O–H groups in total. The van der Waals surface area contributed by atoms with Crippen LogP contribution in [0.2, 0.25) is 0 Å². The molecule has 2 rings (SSSR count). The number of carboxylic acids is 1. The molecule has 0 aliphatic carbocycles. The van der Waals surface area contributed by atoms with Crippen LogP contribution in [0.1, 0.15) is 5.82 Å². The van der Waals surface area contributed by atoms with E-state index in [1.165, 1.54) is 12.3 Å². The van der Waals surface area contributed by atoms with Crippen LogP contribution in [0.4, 0.5) is 8.78 Å². The molecule has 0 fully saturated rings. The van der Waals surface area contributed by atoms with Crippen molar-refractivity contribution >= 4 is 12.0 Å². The summed E-state index contributed by atoms with van der Waals surface area (Å²) in [4.78, 5) is 16.8. The number of nitrogens with zero attached hydrogens (tertiary/aromatic N) is 1. The summed E-state index contributed by atoms with van der Waals surface area (Å²) in [6.45, 7) is 0. The summed E-state index contributed by atoms with van der Waals surface area (Å²) < 4.78 is 26.5. The van der Waals surface area contributed by atoms with E-state index >= 15 is 0 Å². The largest absolute Gasteiger partial charge is 0.478 e. The minimum absolute atomic E-state index is 0.0393. The molecular weight excluding hydrogens is 242 g/mol. The molecule has 0 atom stereocenters. The van der Waals surface area contributed by atoms with E-state index in [1.807, 2.05) is 0 Å². The highest BCUT2D eigenvalue weighted by molar-refractivity contribution is 5.84. The number of aromatic amines is 1. The van der Waals surface area contributed by atoms with Gasteiger partial charge in [-0.1, -0.05) is 0 Å². The second kappa shape index (κ2) is 4.79. The van der Waals surface area contributed by atoms with E-state index in [1.54, 1.807) is 0 Å². The number of hydrogen-bond donors (Lipinski definition) is 2. The van der Waals surface area contributed by atoms with Crippen LogP contribution < -0.4 is 0 Å². The maximum absolute atomic E-state index is 13.5. The zero-order chi connectivity index (χ0) is 13.1. The quantitative estimate of drug-likeness (QED) is 0.822. The fourth-order valence-electron chi connectivity index (χ4n) is 1.41. The second-order valence-corrected chi connectivity index (χ2v) is 3.48. The highest BCUT2D eigenvalue weighted by Gasteiger charge is 2.08. The predicted octanol–water partition coefficient (Wildman–Crippen LogP) is 2.45. The number of H-pyrrole nitrogens is 1. The summed E-state index contributed by atoms with van der Waals surface area (Å²) in [6, 6.07) is 3.06. The van der Waals surface area contributed by atoms with E-state index in [-0.39, 0.29) is 17.1 Å². The first-order chi connectivity index (χ1) is 8.56. The monoisotopic (exact) mass is 250 g/mol. The SMILES string of the molecule is O=C(O)/C=C/c1ncc(-c2cc(F)ccc2F)[nH]1. The molecular formula is C12H8F2N2O2. The third-order valence-corrected chi connectivity index (χ3v) is 2.20. The Bertz CT molecular complexity index is 620. The van der Waals surface area contributed by atoms with E-state index in [0.29, 0.717) is 0 Å². The summed E-state index contributed by atoms with van der Waals surface area (Å²) in [5, 5.41) is 8.44. The fourth-order valence-corrected chi connectivity index (χ4v) is 1.41. The number of imidazole rings is 1. The van der Waals surface area contributed by atoms with Crippen LogP contribution in [-0.2, 0) is 4.79 Å². The minimum Gasteiger partial charge on any atom is -0.478 e. The van der Waals surface area contributed by atoms with Gasteiger partial charge in [-0.05, 0) is 24.3 Å². The van der Waals surface area contributed by atoms with Gasteiger partial charge in [0.05, 0.1) is 11.9 Å². The molecule has 0 amide bonds. The van der Waals surface area contributed by atoms with Crippen molar-refractivity contribution in [2.75, 3.05) is 0 Å². The van der Waals surface area contributed by atoms with Crippen LogP contribution in [-0.4, -0.2) is 21.0 Å². The van der Waals surface area contributed by atoms with Crippen LogP contribution in [0.25, 0.3) is 17.3 Å². The van der Waals surface area contributed by atoms with Crippen LogP contribution in [0.15, 0.2) is 30.5 Å². The van der Waals surface area contributed by atoms with E-state index in [9.17, 15) is 13.6 Å². The number of aliphatic carboxylic acids is 1. The predicted molar refractivity (Wildman–Crippen MR) is 60.6 cm³/mol. The molecule has 0 saturated carbocycles. The fraction of sp³-hybridized carbons (Fsp3) is 0. The lowest BCUT2D eigenvalue weighted by atomic mass is 10.1. The zero-order valence-electron chi connectivity index (χ0n) is 9.02. The Balaban J connectivity index is 2.35. The summed E-state index contributed by atoms with van der Waals surface area (Å²) in [6.07, 6.45) is 3.42. The lowest BCUT2D eigenvalue weighted by molar-refractivity contribution is -0.131. The molecule has 0 unspecified atom stereocenters. The average molecular weight is 250 g/mol. The molecule has 4 nitrogen and oxygen atoms in total. The zero-order valence-corrected chi connectivity index (χ0v) is 9.02. The molecule has 1 aromatic heterocycles. The van der Waals surface area contributed by atoms with Crippen molar-refractivity contribution in [2.45, 2.75) is 0 Å². The van der Waals surface area contributed by atoms with Crippen molar-refractivity contribution in [3.63, 3.8) is 0 Å². The van der Waals surface area contributed by atoms with Crippen molar-refractivity contribution in [3.8, 4) is 11.3 Å². The number of aromatic nitrogens is 2. The summed E-state index contributed by atoms with van der Waals surface area (Å²) >= 11 is 0. The number of benzene rings is 1. The number of carbonyl (C=O) groups is 1. The van der Waals surface area contributed by atoms with E-state index in [4.69, 9.17) is 5.11 Å². The smallest absolute Gasteiger partial charge is 0.328 e. The average Bonchev–Trinajstić information content (AvgIpc) is 2.78. The number of carboxylic acid groups (broad SMARTS) is 1. The highest BCUT2D eigenvalue weighted by Crippen LogP contribution is 2.22. The Morgan fingerprint density at radius 2 is 2.17 bits per heavy atom. The molecule has 1 heterocycles. The maximum Gasteiger partial charge on any atom is 0.328 e. The standard InChI is InChI=1S/C12H8F2N2O2/c13-7-1-2-9(14)8(5-7)10-6-15-11(16-10)3-4-12(17)18/h1-6H,(H,15,16)(H,17,18)/b4-3+. The van der Waals surface area contributed by atoms with E-state index in [2.05, 4.69) is 9.97 Å². The molecule has 6 heteroatoms. The lowest BCUT2D eigenvalue weighted by Gasteiger charge is -1.99. The lowest BCUT2D eigenvalue weighted by Crippen LogP contribution is -1.88. The second-order valence-electron chi connectivity index (χ2n) is 3.48. The third-order valence-electron chi connectivity index (χ3n) is 2.20. The normalized spacial score (nSPS) is 11.0. The highest BCUT2D eigenvalue weighted by atomic mass is 19.1.